The summed E-state index contributed by atoms with van der Waals surface area (Å²) in [7, 11) is 0. The zero-order chi connectivity index (χ0) is 45.4. The smallest absolute Gasteiger partial charge is 0.160 e. The van der Waals surface area contributed by atoms with Crippen LogP contribution in [0, 0.1) is 0 Å². The molecule has 0 spiro atoms. The zero-order valence-corrected chi connectivity index (χ0v) is 37.3. The molecule has 69 heavy (non-hydrogen) atoms. The Morgan fingerprint density at radius 2 is 0.841 bits per heavy atom. The SMILES string of the molecule is c1ccc(-c2cc(-c3cc(-c4ccccc4)c(-n4c5ccccc5c5c6oc7cc8c9ccccc9n(-c9ccccc9)c8cc7c6ccc54)c(-c4ccccc4)c3)nc(-c3ccccc3)n2)cc1. The van der Waals surface area contributed by atoms with Crippen LogP contribution in [0.15, 0.2) is 247 Å². The molecule has 14 aromatic rings. The standard InChI is InChI=1S/C64H40N4O/c1-6-20-41(21-7-1)50-36-45(55-40-54(43-24-10-3-11-25-43)65-64(66-55)44-26-12-4-13-27-44)37-51(42-22-8-2-9-23-42)62(50)68-57-33-19-17-31-49(57)61-58(68)35-34-48-53-38-59-52(39-60(53)69-63(48)61)47-30-16-18-32-56(47)67(59)46-28-14-5-15-29-46/h1-40H. The van der Waals surface area contributed by atoms with E-state index in [0.717, 1.165) is 116 Å². The minimum Gasteiger partial charge on any atom is -0.455 e. The summed E-state index contributed by atoms with van der Waals surface area (Å²) in [6, 6.07) is 86.1. The van der Waals surface area contributed by atoms with Gasteiger partial charge in [-0.05, 0) is 77.9 Å². The van der Waals surface area contributed by atoms with Gasteiger partial charge in [0.2, 0.25) is 0 Å². The molecule has 4 heterocycles. The van der Waals surface area contributed by atoms with E-state index in [-0.39, 0.29) is 0 Å². The van der Waals surface area contributed by atoms with Crippen molar-refractivity contribution in [1.82, 2.24) is 19.1 Å². The van der Waals surface area contributed by atoms with Crippen molar-refractivity contribution in [2.24, 2.45) is 0 Å². The quantitative estimate of drug-likeness (QED) is 0.160. The molecule has 10 aromatic carbocycles. The van der Waals surface area contributed by atoms with Gasteiger partial charge >= 0.3 is 0 Å². The van der Waals surface area contributed by atoms with Gasteiger partial charge in [0.15, 0.2) is 5.82 Å². The Kier molecular flexibility index (Phi) is 8.83. The lowest BCUT2D eigenvalue weighted by atomic mass is 9.91. The van der Waals surface area contributed by atoms with Gasteiger partial charge in [0.25, 0.3) is 0 Å². The van der Waals surface area contributed by atoms with Crippen LogP contribution in [0.2, 0.25) is 0 Å². The fourth-order valence-corrected chi connectivity index (χ4v) is 10.6. The molecule has 0 aliphatic rings. The van der Waals surface area contributed by atoms with Gasteiger partial charge in [0, 0.05) is 60.4 Å². The summed E-state index contributed by atoms with van der Waals surface area (Å²) in [5, 5.41) is 6.73. The maximum Gasteiger partial charge on any atom is 0.160 e. The summed E-state index contributed by atoms with van der Waals surface area (Å²) < 4.78 is 12.0. The summed E-state index contributed by atoms with van der Waals surface area (Å²) in [5.74, 6) is 0.679. The van der Waals surface area contributed by atoms with Gasteiger partial charge in [-0.2, -0.15) is 0 Å². The third kappa shape index (κ3) is 6.25. The second-order valence-corrected chi connectivity index (χ2v) is 17.7. The Bertz CT molecular complexity index is 4150. The molecule has 322 valence electrons. The van der Waals surface area contributed by atoms with E-state index in [9.17, 15) is 0 Å². The number of hydrogen-bond donors (Lipinski definition) is 0. The fraction of sp³-hybridized carbons (Fsp3) is 0. The summed E-state index contributed by atoms with van der Waals surface area (Å²) in [6.07, 6.45) is 0. The van der Waals surface area contributed by atoms with Crippen LogP contribution in [0.1, 0.15) is 0 Å². The Labute approximate surface area is 397 Å². The van der Waals surface area contributed by atoms with Gasteiger partial charge in [-0.3, -0.25) is 0 Å². The van der Waals surface area contributed by atoms with Crippen LogP contribution in [-0.2, 0) is 0 Å². The minimum atomic E-state index is 0.679. The molecule has 0 aliphatic heterocycles. The predicted molar refractivity (Wildman–Crippen MR) is 285 cm³/mol. The molecule has 0 saturated carbocycles. The maximum absolute atomic E-state index is 7.16. The van der Waals surface area contributed by atoms with E-state index in [1.54, 1.807) is 0 Å². The summed E-state index contributed by atoms with van der Waals surface area (Å²) in [6.45, 7) is 0. The highest BCUT2D eigenvalue weighted by atomic mass is 16.3. The molecular formula is C64H40N4O. The Hall–Kier alpha value is -9.32. The number of para-hydroxylation sites is 3. The van der Waals surface area contributed by atoms with Crippen molar-refractivity contribution in [1.29, 1.82) is 0 Å². The molecular weight excluding hydrogens is 841 g/mol. The molecule has 0 atom stereocenters. The number of benzene rings is 10. The van der Waals surface area contributed by atoms with Crippen molar-refractivity contribution >= 4 is 65.6 Å². The second-order valence-electron chi connectivity index (χ2n) is 17.7. The van der Waals surface area contributed by atoms with Gasteiger partial charge in [-0.15, -0.1) is 0 Å². The van der Waals surface area contributed by atoms with Crippen molar-refractivity contribution in [2.75, 3.05) is 0 Å². The summed E-state index contributed by atoms with van der Waals surface area (Å²) in [5.41, 5.74) is 17.5. The van der Waals surface area contributed by atoms with Crippen molar-refractivity contribution in [2.45, 2.75) is 0 Å². The molecule has 0 unspecified atom stereocenters. The fourth-order valence-electron chi connectivity index (χ4n) is 10.6. The van der Waals surface area contributed by atoms with Crippen LogP contribution in [0.4, 0.5) is 0 Å². The number of hydrogen-bond acceptors (Lipinski definition) is 3. The highest BCUT2D eigenvalue weighted by Crippen LogP contribution is 2.47. The normalized spacial score (nSPS) is 11.8. The molecule has 0 saturated heterocycles. The van der Waals surface area contributed by atoms with Crippen molar-refractivity contribution in [3.63, 3.8) is 0 Å². The third-order valence-electron chi connectivity index (χ3n) is 13.7. The number of furan rings is 1. The first-order chi connectivity index (χ1) is 34.2. The Balaban J connectivity index is 1.06. The van der Waals surface area contributed by atoms with Gasteiger partial charge in [-0.1, -0.05) is 176 Å². The van der Waals surface area contributed by atoms with E-state index >= 15 is 0 Å². The zero-order valence-electron chi connectivity index (χ0n) is 37.3. The van der Waals surface area contributed by atoms with E-state index in [1.807, 2.05) is 24.3 Å². The first-order valence-electron chi connectivity index (χ1n) is 23.4. The number of fused-ring (bicyclic) bond motifs is 10. The average molecular weight is 881 g/mol. The monoisotopic (exact) mass is 880 g/mol. The van der Waals surface area contributed by atoms with Crippen LogP contribution >= 0.6 is 0 Å². The van der Waals surface area contributed by atoms with Crippen LogP contribution in [0.5, 0.6) is 0 Å². The molecule has 0 fully saturated rings. The topological polar surface area (TPSA) is 48.8 Å². The minimum absolute atomic E-state index is 0.679. The van der Waals surface area contributed by atoms with Crippen LogP contribution in [0.25, 0.3) is 133 Å². The van der Waals surface area contributed by atoms with E-state index in [4.69, 9.17) is 14.4 Å². The third-order valence-corrected chi connectivity index (χ3v) is 13.7. The number of rotatable bonds is 7. The Morgan fingerprint density at radius 3 is 1.48 bits per heavy atom. The first-order valence-corrected chi connectivity index (χ1v) is 23.4. The van der Waals surface area contributed by atoms with E-state index in [2.05, 4.69) is 228 Å². The number of nitrogens with zero attached hydrogens (tertiary/aromatic N) is 4. The molecule has 5 nitrogen and oxygen atoms in total. The Morgan fingerprint density at radius 1 is 0.319 bits per heavy atom. The van der Waals surface area contributed by atoms with Crippen LogP contribution in [0.3, 0.4) is 0 Å². The molecule has 0 bridgehead atoms. The van der Waals surface area contributed by atoms with Crippen LogP contribution in [-0.4, -0.2) is 19.1 Å². The lowest BCUT2D eigenvalue weighted by molar-refractivity contribution is 0.673. The van der Waals surface area contributed by atoms with Gasteiger partial charge < -0.3 is 13.6 Å². The summed E-state index contributed by atoms with van der Waals surface area (Å²) in [4.78, 5) is 10.5. The number of aromatic nitrogens is 4. The predicted octanol–water partition coefficient (Wildman–Crippen LogP) is 16.9. The molecule has 14 rings (SSSR count). The highest BCUT2D eigenvalue weighted by Gasteiger charge is 2.25. The summed E-state index contributed by atoms with van der Waals surface area (Å²) >= 11 is 0. The molecule has 0 N–H and O–H groups in total. The second kappa shape index (κ2) is 15.7. The molecule has 0 radical (unpaired) electrons. The maximum atomic E-state index is 7.16. The highest BCUT2D eigenvalue weighted by molar-refractivity contribution is 6.26. The largest absolute Gasteiger partial charge is 0.455 e. The van der Waals surface area contributed by atoms with Crippen molar-refractivity contribution in [3.05, 3.63) is 243 Å². The molecule has 0 aliphatic carbocycles. The van der Waals surface area contributed by atoms with Gasteiger partial charge in [0.1, 0.15) is 11.2 Å². The first kappa shape index (κ1) is 38.9. The van der Waals surface area contributed by atoms with Crippen molar-refractivity contribution < 1.29 is 4.42 Å². The van der Waals surface area contributed by atoms with Gasteiger partial charge in [-0.25, -0.2) is 9.97 Å². The molecule has 0 amide bonds. The lowest BCUT2D eigenvalue weighted by Gasteiger charge is -2.21. The molecule has 4 aromatic heterocycles. The molecule has 5 heteroatoms. The van der Waals surface area contributed by atoms with E-state index < -0.39 is 0 Å². The van der Waals surface area contributed by atoms with E-state index in [0.29, 0.717) is 5.82 Å². The van der Waals surface area contributed by atoms with Crippen molar-refractivity contribution in [3.8, 4) is 67.5 Å². The average Bonchev–Trinajstić information content (AvgIpc) is 4.08. The van der Waals surface area contributed by atoms with Crippen LogP contribution < -0.4 is 0 Å². The van der Waals surface area contributed by atoms with Gasteiger partial charge in [0.05, 0.1) is 44.5 Å². The van der Waals surface area contributed by atoms with E-state index in [1.165, 1.54) is 10.9 Å². The lowest BCUT2D eigenvalue weighted by Crippen LogP contribution is -2.02.